The van der Waals surface area contributed by atoms with Crippen LogP contribution in [-0.4, -0.2) is 39.6 Å². The number of allylic oxidation sites excluding steroid dienone is 3. The molecule has 5 atom stereocenters. The van der Waals surface area contributed by atoms with E-state index in [0.29, 0.717) is 12.8 Å². The van der Waals surface area contributed by atoms with Crippen molar-refractivity contribution in [3.63, 3.8) is 0 Å². The summed E-state index contributed by atoms with van der Waals surface area (Å²) in [7, 11) is 0. The van der Waals surface area contributed by atoms with Crippen LogP contribution in [0.2, 0.25) is 0 Å². The molecule has 5 heteroatoms. The Balaban J connectivity index is 2.32. The Hall–Kier alpha value is -1.17. The van der Waals surface area contributed by atoms with Gasteiger partial charge in [0.2, 0.25) is 0 Å². The number of esters is 1. The predicted octanol–water partition coefficient (Wildman–Crippen LogP) is 4.51. The Morgan fingerprint density at radius 1 is 1.03 bits per heavy atom. The molecular weight excluding hydrogens is 368 g/mol. The molecule has 1 aliphatic carbocycles. The molecule has 1 aliphatic rings. The van der Waals surface area contributed by atoms with Crippen molar-refractivity contribution in [2.75, 3.05) is 0 Å². The minimum atomic E-state index is -0.466. The summed E-state index contributed by atoms with van der Waals surface area (Å²) in [4.78, 5) is 11.3. The second-order valence-electron chi connectivity index (χ2n) is 8.70. The summed E-state index contributed by atoms with van der Waals surface area (Å²) in [6, 6.07) is 0. The van der Waals surface area contributed by atoms with E-state index in [-0.39, 0.29) is 29.8 Å². The van der Waals surface area contributed by atoms with Gasteiger partial charge in [0.05, 0.1) is 30.5 Å². The highest BCUT2D eigenvalue weighted by molar-refractivity contribution is 5.72. The molecule has 0 bridgehead atoms. The zero-order valence-corrected chi connectivity index (χ0v) is 18.5. The average molecular weight is 411 g/mol. The van der Waals surface area contributed by atoms with E-state index in [9.17, 15) is 20.1 Å². The van der Waals surface area contributed by atoms with Crippen LogP contribution < -0.4 is 0 Å². The molecule has 0 aromatic heterocycles. The Bertz CT molecular complexity index is 499. The van der Waals surface area contributed by atoms with Crippen LogP contribution in [0.5, 0.6) is 0 Å². The summed E-state index contributed by atoms with van der Waals surface area (Å²) in [6.45, 7) is 5.74. The lowest BCUT2D eigenvalue weighted by molar-refractivity contribution is -0.141. The van der Waals surface area contributed by atoms with Gasteiger partial charge >= 0.3 is 5.97 Å². The van der Waals surface area contributed by atoms with Crippen molar-refractivity contribution >= 4 is 5.97 Å². The molecule has 0 spiro atoms. The zero-order chi connectivity index (χ0) is 21.6. The molecule has 3 N–H and O–H groups in total. The quantitative estimate of drug-likeness (QED) is 0.170. The smallest absolute Gasteiger partial charge is 0.313 e. The molecule has 5 nitrogen and oxygen atoms in total. The normalized spacial score (nSPS) is 26.0. The van der Waals surface area contributed by atoms with Crippen molar-refractivity contribution in [3.05, 3.63) is 24.5 Å². The van der Waals surface area contributed by atoms with E-state index in [1.54, 1.807) is 19.9 Å². The van der Waals surface area contributed by atoms with Crippen molar-refractivity contribution < 1.29 is 24.9 Å². The van der Waals surface area contributed by atoms with E-state index >= 15 is 0 Å². The Morgan fingerprint density at radius 3 is 2.38 bits per heavy atom. The number of hydrogen-bond donors (Lipinski definition) is 3. The van der Waals surface area contributed by atoms with Gasteiger partial charge in [0.25, 0.3) is 0 Å². The summed E-state index contributed by atoms with van der Waals surface area (Å²) in [6.07, 6.45) is 14.5. The standard InChI is InChI=1S/C24H42O5/c1-4-5-9-12-19(25)14-15-21-20(22(26)17-23(21)27)13-10-7-6-8-11-16-29-24(28)18(2)3/h6,8,11,16,18-23,25-27H,4-5,7,9-10,12-15,17H2,1-3H3/t19?,20-,21-,22?,23?/m1/s1. The molecule has 0 aromatic carbocycles. The molecule has 0 radical (unpaired) electrons. The van der Waals surface area contributed by atoms with E-state index < -0.39 is 12.2 Å². The van der Waals surface area contributed by atoms with Gasteiger partial charge in [-0.2, -0.15) is 0 Å². The van der Waals surface area contributed by atoms with Gasteiger partial charge in [0.15, 0.2) is 0 Å². The van der Waals surface area contributed by atoms with Gasteiger partial charge in [-0.1, -0.05) is 52.2 Å². The number of hydrogen-bond acceptors (Lipinski definition) is 5. The van der Waals surface area contributed by atoms with Crippen molar-refractivity contribution in [2.45, 2.75) is 103 Å². The lowest BCUT2D eigenvalue weighted by Crippen LogP contribution is -2.23. The third-order valence-electron chi connectivity index (χ3n) is 5.89. The van der Waals surface area contributed by atoms with Gasteiger partial charge in [-0.3, -0.25) is 4.79 Å². The molecule has 0 amide bonds. The predicted molar refractivity (Wildman–Crippen MR) is 116 cm³/mol. The maximum Gasteiger partial charge on any atom is 0.313 e. The van der Waals surface area contributed by atoms with E-state index in [1.165, 1.54) is 6.26 Å². The van der Waals surface area contributed by atoms with Crippen LogP contribution in [-0.2, 0) is 9.53 Å². The lowest BCUT2D eigenvalue weighted by atomic mass is 9.84. The van der Waals surface area contributed by atoms with Gasteiger partial charge in [0.1, 0.15) is 0 Å². The van der Waals surface area contributed by atoms with E-state index in [1.807, 2.05) is 12.2 Å². The molecule has 29 heavy (non-hydrogen) atoms. The highest BCUT2D eigenvalue weighted by atomic mass is 16.5. The first-order valence-corrected chi connectivity index (χ1v) is 11.4. The Labute approximate surface area is 176 Å². The van der Waals surface area contributed by atoms with Crippen LogP contribution >= 0.6 is 0 Å². The molecule has 3 unspecified atom stereocenters. The van der Waals surface area contributed by atoms with Crippen molar-refractivity contribution in [3.8, 4) is 0 Å². The monoisotopic (exact) mass is 410 g/mol. The van der Waals surface area contributed by atoms with Crippen LogP contribution in [0.4, 0.5) is 0 Å². The van der Waals surface area contributed by atoms with E-state index in [0.717, 1.165) is 51.4 Å². The Kier molecular flexibility index (Phi) is 13.2. The van der Waals surface area contributed by atoms with Crippen LogP contribution in [0.3, 0.4) is 0 Å². The minimum absolute atomic E-state index is 0.0742. The number of aliphatic hydroxyl groups is 3. The largest absolute Gasteiger partial charge is 0.434 e. The van der Waals surface area contributed by atoms with Gasteiger partial charge in [0, 0.05) is 0 Å². The number of carbonyl (C=O) groups excluding carboxylic acids is 1. The SMILES string of the molecule is CCCCCC(O)CC[C@H]1C(O)CC(O)[C@@H]1CCCC=CC=COC(=O)C(C)C. The number of ether oxygens (including phenoxy) is 1. The fourth-order valence-electron chi connectivity index (χ4n) is 4.07. The van der Waals surface area contributed by atoms with Gasteiger partial charge in [-0.15, -0.1) is 0 Å². The molecule has 1 fully saturated rings. The average Bonchev–Trinajstić information content (AvgIpc) is 2.94. The van der Waals surface area contributed by atoms with E-state index in [2.05, 4.69) is 6.92 Å². The molecular formula is C24H42O5. The molecule has 0 saturated heterocycles. The second kappa shape index (κ2) is 14.8. The van der Waals surface area contributed by atoms with Gasteiger partial charge in [-0.05, 0) is 62.9 Å². The van der Waals surface area contributed by atoms with Gasteiger partial charge < -0.3 is 20.1 Å². The molecule has 0 heterocycles. The van der Waals surface area contributed by atoms with Crippen LogP contribution in [0, 0.1) is 17.8 Å². The van der Waals surface area contributed by atoms with Crippen molar-refractivity contribution in [2.24, 2.45) is 17.8 Å². The minimum Gasteiger partial charge on any atom is -0.434 e. The molecule has 1 saturated carbocycles. The van der Waals surface area contributed by atoms with Gasteiger partial charge in [-0.25, -0.2) is 0 Å². The Morgan fingerprint density at radius 2 is 1.72 bits per heavy atom. The first-order chi connectivity index (χ1) is 13.9. The highest BCUT2D eigenvalue weighted by Gasteiger charge is 2.40. The molecule has 0 aliphatic heterocycles. The topological polar surface area (TPSA) is 87.0 Å². The first-order valence-electron chi connectivity index (χ1n) is 11.4. The maximum atomic E-state index is 11.3. The highest BCUT2D eigenvalue weighted by Crippen LogP contribution is 2.39. The third-order valence-corrected chi connectivity index (χ3v) is 5.89. The second-order valence-corrected chi connectivity index (χ2v) is 8.70. The number of unbranched alkanes of at least 4 members (excludes halogenated alkanes) is 3. The van der Waals surface area contributed by atoms with Crippen LogP contribution in [0.25, 0.3) is 0 Å². The maximum absolute atomic E-state index is 11.3. The lowest BCUT2D eigenvalue weighted by Gasteiger charge is -2.24. The van der Waals surface area contributed by atoms with Crippen LogP contribution in [0.1, 0.15) is 85.0 Å². The van der Waals surface area contributed by atoms with Crippen molar-refractivity contribution in [1.82, 2.24) is 0 Å². The third kappa shape index (κ3) is 10.4. The van der Waals surface area contributed by atoms with Crippen LogP contribution in [0.15, 0.2) is 24.5 Å². The van der Waals surface area contributed by atoms with Crippen molar-refractivity contribution in [1.29, 1.82) is 0 Å². The molecule has 168 valence electrons. The number of carbonyl (C=O) groups is 1. The molecule has 1 rings (SSSR count). The first kappa shape index (κ1) is 25.9. The number of aliphatic hydroxyl groups excluding tert-OH is 3. The summed E-state index contributed by atoms with van der Waals surface area (Å²) < 4.78 is 4.96. The summed E-state index contributed by atoms with van der Waals surface area (Å²) >= 11 is 0. The molecule has 0 aromatic rings. The summed E-state index contributed by atoms with van der Waals surface area (Å²) in [5.41, 5.74) is 0. The summed E-state index contributed by atoms with van der Waals surface area (Å²) in [5, 5.41) is 30.8. The van der Waals surface area contributed by atoms with E-state index in [4.69, 9.17) is 4.74 Å². The fraction of sp³-hybridized carbons (Fsp3) is 0.792. The zero-order valence-electron chi connectivity index (χ0n) is 18.5. The number of rotatable bonds is 14. The summed E-state index contributed by atoms with van der Waals surface area (Å²) in [5.74, 6) is -0.207. The fourth-order valence-corrected chi connectivity index (χ4v) is 4.07.